The van der Waals surface area contributed by atoms with Crippen molar-refractivity contribution in [3.63, 3.8) is 0 Å². The van der Waals surface area contributed by atoms with Crippen LogP contribution in [0.2, 0.25) is 0 Å². The van der Waals surface area contributed by atoms with Gasteiger partial charge in [-0.15, -0.1) is 0 Å². The second-order valence-corrected chi connectivity index (χ2v) is 4.72. The lowest BCUT2D eigenvalue weighted by Gasteiger charge is -2.11. The number of hydrogen-bond acceptors (Lipinski definition) is 3. The second-order valence-electron chi connectivity index (χ2n) is 4.72. The lowest BCUT2D eigenvalue weighted by molar-refractivity contribution is 0.298. The summed E-state index contributed by atoms with van der Waals surface area (Å²) in [6, 6.07) is 15.9. The van der Waals surface area contributed by atoms with Gasteiger partial charge in [-0.3, -0.25) is 0 Å². The van der Waals surface area contributed by atoms with Crippen LogP contribution < -0.4 is 10.5 Å². The third-order valence-electron chi connectivity index (χ3n) is 3.15. The lowest BCUT2D eigenvalue weighted by Crippen LogP contribution is -2.00. The molecule has 0 unspecified atom stereocenters. The molecule has 0 aliphatic rings. The third-order valence-corrected chi connectivity index (χ3v) is 3.15. The van der Waals surface area contributed by atoms with Crippen LogP contribution in [0.25, 0.3) is 0 Å². The summed E-state index contributed by atoms with van der Waals surface area (Å²) in [7, 11) is 0. The van der Waals surface area contributed by atoms with Gasteiger partial charge >= 0.3 is 0 Å². The van der Waals surface area contributed by atoms with Crippen molar-refractivity contribution in [3.05, 3.63) is 59.7 Å². The van der Waals surface area contributed by atoms with Crippen molar-refractivity contribution >= 4 is 0 Å². The van der Waals surface area contributed by atoms with Crippen LogP contribution in [0.1, 0.15) is 17.5 Å². The molecule has 0 bridgehead atoms. The van der Waals surface area contributed by atoms with E-state index in [2.05, 4.69) is 6.07 Å². The SMILES string of the molecule is NCCCc1cccc(Oc2ccccc2CCO)c1. The molecule has 0 spiro atoms. The van der Waals surface area contributed by atoms with E-state index >= 15 is 0 Å². The fourth-order valence-corrected chi connectivity index (χ4v) is 2.13. The Kier molecular flexibility index (Phi) is 5.59. The van der Waals surface area contributed by atoms with Crippen LogP contribution in [0.15, 0.2) is 48.5 Å². The van der Waals surface area contributed by atoms with E-state index in [9.17, 15) is 0 Å². The smallest absolute Gasteiger partial charge is 0.130 e. The topological polar surface area (TPSA) is 55.5 Å². The minimum absolute atomic E-state index is 0.122. The quantitative estimate of drug-likeness (QED) is 0.814. The van der Waals surface area contributed by atoms with E-state index in [0.717, 1.165) is 29.9 Å². The van der Waals surface area contributed by atoms with Crippen LogP contribution in [0, 0.1) is 0 Å². The Morgan fingerprint density at radius 1 is 1.00 bits per heavy atom. The average Bonchev–Trinajstić information content (AvgIpc) is 2.48. The molecular weight excluding hydrogens is 250 g/mol. The molecular formula is C17H21NO2. The van der Waals surface area contributed by atoms with Crippen molar-refractivity contribution in [1.29, 1.82) is 0 Å². The summed E-state index contributed by atoms with van der Waals surface area (Å²) in [5.74, 6) is 1.63. The number of benzene rings is 2. The first kappa shape index (κ1) is 14.6. The summed E-state index contributed by atoms with van der Waals surface area (Å²) in [6.45, 7) is 0.821. The maximum Gasteiger partial charge on any atom is 0.130 e. The molecule has 3 nitrogen and oxygen atoms in total. The highest BCUT2D eigenvalue weighted by Gasteiger charge is 2.04. The normalized spacial score (nSPS) is 10.5. The molecule has 0 aliphatic carbocycles. The molecule has 106 valence electrons. The van der Waals surface area contributed by atoms with Crippen LogP contribution in [-0.2, 0) is 12.8 Å². The summed E-state index contributed by atoms with van der Waals surface area (Å²) in [4.78, 5) is 0. The third kappa shape index (κ3) is 4.08. The Morgan fingerprint density at radius 2 is 1.85 bits per heavy atom. The molecule has 0 radical (unpaired) electrons. The van der Waals surface area contributed by atoms with E-state index in [-0.39, 0.29) is 6.61 Å². The first-order chi connectivity index (χ1) is 9.83. The van der Waals surface area contributed by atoms with Crippen LogP contribution in [0.3, 0.4) is 0 Å². The van der Waals surface area contributed by atoms with Crippen molar-refractivity contribution in [2.75, 3.05) is 13.2 Å². The van der Waals surface area contributed by atoms with Gasteiger partial charge in [0.25, 0.3) is 0 Å². The first-order valence-corrected chi connectivity index (χ1v) is 6.99. The largest absolute Gasteiger partial charge is 0.457 e. The van der Waals surface area contributed by atoms with Gasteiger partial charge in [-0.25, -0.2) is 0 Å². The zero-order valence-electron chi connectivity index (χ0n) is 11.6. The zero-order chi connectivity index (χ0) is 14.2. The molecule has 0 amide bonds. The summed E-state index contributed by atoms with van der Waals surface area (Å²) >= 11 is 0. The van der Waals surface area contributed by atoms with E-state index in [1.165, 1.54) is 5.56 Å². The van der Waals surface area contributed by atoms with Gasteiger partial charge in [0.2, 0.25) is 0 Å². The van der Waals surface area contributed by atoms with Gasteiger partial charge in [-0.2, -0.15) is 0 Å². The van der Waals surface area contributed by atoms with Crippen LogP contribution in [0.5, 0.6) is 11.5 Å². The number of para-hydroxylation sites is 1. The van der Waals surface area contributed by atoms with Crippen LogP contribution in [-0.4, -0.2) is 18.3 Å². The van der Waals surface area contributed by atoms with Crippen molar-refractivity contribution in [2.45, 2.75) is 19.3 Å². The van der Waals surface area contributed by atoms with Crippen molar-refractivity contribution < 1.29 is 9.84 Å². The van der Waals surface area contributed by atoms with Crippen LogP contribution >= 0.6 is 0 Å². The number of ether oxygens (including phenoxy) is 1. The highest BCUT2D eigenvalue weighted by atomic mass is 16.5. The second kappa shape index (κ2) is 7.68. The Morgan fingerprint density at radius 3 is 2.65 bits per heavy atom. The number of aryl methyl sites for hydroxylation is 1. The number of rotatable bonds is 7. The average molecular weight is 271 g/mol. The number of aliphatic hydroxyl groups excluding tert-OH is 1. The van der Waals surface area contributed by atoms with Gasteiger partial charge in [0.1, 0.15) is 11.5 Å². The molecule has 0 heterocycles. The number of hydrogen-bond donors (Lipinski definition) is 2. The Balaban J connectivity index is 2.13. The number of nitrogens with two attached hydrogens (primary N) is 1. The molecule has 0 fully saturated rings. The van der Waals surface area contributed by atoms with Gasteiger partial charge < -0.3 is 15.6 Å². The first-order valence-electron chi connectivity index (χ1n) is 6.99. The van der Waals surface area contributed by atoms with Gasteiger partial charge in [0, 0.05) is 6.61 Å². The molecule has 2 rings (SSSR count). The fourth-order valence-electron chi connectivity index (χ4n) is 2.13. The molecule has 2 aromatic carbocycles. The Bertz CT molecular complexity index is 540. The molecule has 0 atom stereocenters. The summed E-state index contributed by atoms with van der Waals surface area (Å²) in [6.07, 6.45) is 2.54. The van der Waals surface area contributed by atoms with Crippen molar-refractivity contribution in [3.8, 4) is 11.5 Å². The van der Waals surface area contributed by atoms with Gasteiger partial charge in [0.05, 0.1) is 0 Å². The van der Waals surface area contributed by atoms with E-state index in [1.807, 2.05) is 42.5 Å². The highest BCUT2D eigenvalue weighted by Crippen LogP contribution is 2.26. The zero-order valence-corrected chi connectivity index (χ0v) is 11.6. The van der Waals surface area contributed by atoms with E-state index in [0.29, 0.717) is 13.0 Å². The van der Waals surface area contributed by atoms with Gasteiger partial charge in [-0.05, 0) is 55.1 Å². The molecule has 20 heavy (non-hydrogen) atoms. The maximum atomic E-state index is 9.08. The van der Waals surface area contributed by atoms with Gasteiger partial charge in [-0.1, -0.05) is 30.3 Å². The monoisotopic (exact) mass is 271 g/mol. The number of aliphatic hydroxyl groups is 1. The van der Waals surface area contributed by atoms with Crippen molar-refractivity contribution in [1.82, 2.24) is 0 Å². The molecule has 3 heteroatoms. The fraction of sp³-hybridized carbons (Fsp3) is 0.294. The van der Waals surface area contributed by atoms with Crippen LogP contribution in [0.4, 0.5) is 0 Å². The molecule has 0 saturated heterocycles. The summed E-state index contributed by atoms with van der Waals surface area (Å²) in [5, 5.41) is 9.08. The highest BCUT2D eigenvalue weighted by molar-refractivity contribution is 5.39. The van der Waals surface area contributed by atoms with E-state index in [1.54, 1.807) is 0 Å². The lowest BCUT2D eigenvalue weighted by atomic mass is 10.1. The molecule has 3 N–H and O–H groups in total. The summed E-state index contributed by atoms with van der Waals surface area (Å²) in [5.41, 5.74) is 7.78. The van der Waals surface area contributed by atoms with E-state index in [4.69, 9.17) is 15.6 Å². The minimum Gasteiger partial charge on any atom is -0.457 e. The minimum atomic E-state index is 0.122. The Hall–Kier alpha value is -1.84. The Labute approximate surface area is 120 Å². The predicted octanol–water partition coefficient (Wildman–Crippen LogP) is 2.91. The standard InChI is InChI=1S/C17H21NO2/c18-11-4-6-14-5-3-8-16(13-14)20-17-9-2-1-7-15(17)10-12-19/h1-3,5,7-9,13,19H,4,6,10-12,18H2. The summed E-state index contributed by atoms with van der Waals surface area (Å²) < 4.78 is 5.94. The molecule has 0 aromatic heterocycles. The molecule has 0 aliphatic heterocycles. The van der Waals surface area contributed by atoms with Crippen molar-refractivity contribution in [2.24, 2.45) is 5.73 Å². The molecule has 0 saturated carbocycles. The van der Waals surface area contributed by atoms with E-state index < -0.39 is 0 Å². The predicted molar refractivity (Wildman–Crippen MR) is 81.1 cm³/mol. The molecule has 2 aromatic rings. The maximum absolute atomic E-state index is 9.08. The van der Waals surface area contributed by atoms with Gasteiger partial charge in [0.15, 0.2) is 0 Å².